The van der Waals surface area contributed by atoms with Gasteiger partial charge in [0.05, 0.1) is 20.2 Å². The highest BCUT2D eigenvalue weighted by atomic mass is 16.5. The van der Waals surface area contributed by atoms with E-state index in [1.807, 2.05) is 30.3 Å². The molecule has 5 nitrogen and oxygen atoms in total. The average Bonchev–Trinajstić information content (AvgIpc) is 2.45. The molecule has 5 heteroatoms. The zero-order valence-corrected chi connectivity index (χ0v) is 12.3. The monoisotopic (exact) mass is 278 g/mol. The molecule has 0 saturated carbocycles. The highest BCUT2D eigenvalue weighted by Crippen LogP contribution is 2.12. The number of ether oxygens (including phenoxy) is 1. The fourth-order valence-corrected chi connectivity index (χ4v) is 1.81. The molecule has 1 amide bonds. The minimum Gasteiger partial charge on any atom is -0.468 e. The molecule has 1 rings (SSSR count). The van der Waals surface area contributed by atoms with Crippen LogP contribution in [0.3, 0.4) is 0 Å². The molecule has 1 aromatic rings. The summed E-state index contributed by atoms with van der Waals surface area (Å²) in [5.74, 6) is -0.191. The fourth-order valence-electron chi connectivity index (χ4n) is 1.81. The van der Waals surface area contributed by atoms with Gasteiger partial charge in [-0.2, -0.15) is 0 Å². The summed E-state index contributed by atoms with van der Waals surface area (Å²) in [5.41, 5.74) is 1.19. The summed E-state index contributed by atoms with van der Waals surface area (Å²) in [7, 11) is 3.04. The third-order valence-corrected chi connectivity index (χ3v) is 3.01. The minimum atomic E-state index is -0.349. The SMILES string of the molecule is COC(=O)CN(C)CC(=O)NCC(C)c1ccccc1. The van der Waals surface area contributed by atoms with Crippen LogP contribution in [0.5, 0.6) is 0 Å². The van der Waals surface area contributed by atoms with Crippen LogP contribution in [0.15, 0.2) is 30.3 Å². The normalized spacial score (nSPS) is 12.0. The zero-order valence-electron chi connectivity index (χ0n) is 12.3. The lowest BCUT2D eigenvalue weighted by Gasteiger charge is -2.17. The van der Waals surface area contributed by atoms with Crippen molar-refractivity contribution < 1.29 is 14.3 Å². The van der Waals surface area contributed by atoms with Gasteiger partial charge in [-0.15, -0.1) is 0 Å². The summed E-state index contributed by atoms with van der Waals surface area (Å²) < 4.78 is 4.55. The number of nitrogens with one attached hydrogen (secondary N) is 1. The number of carbonyl (C=O) groups is 2. The Kier molecular flexibility index (Phi) is 6.73. The second-order valence-electron chi connectivity index (χ2n) is 4.86. The van der Waals surface area contributed by atoms with Gasteiger partial charge in [0.2, 0.25) is 5.91 Å². The van der Waals surface area contributed by atoms with E-state index >= 15 is 0 Å². The molecule has 0 radical (unpaired) electrons. The van der Waals surface area contributed by atoms with Gasteiger partial charge >= 0.3 is 5.97 Å². The van der Waals surface area contributed by atoms with Crippen LogP contribution in [0.1, 0.15) is 18.4 Å². The first-order valence-corrected chi connectivity index (χ1v) is 6.60. The Balaban J connectivity index is 2.31. The van der Waals surface area contributed by atoms with E-state index in [1.165, 1.54) is 12.7 Å². The zero-order chi connectivity index (χ0) is 15.0. The van der Waals surface area contributed by atoms with Gasteiger partial charge < -0.3 is 10.1 Å². The number of methoxy groups -OCH3 is 1. The van der Waals surface area contributed by atoms with Crippen molar-refractivity contribution in [3.8, 4) is 0 Å². The standard InChI is InChI=1S/C15H22N2O3/c1-12(13-7-5-4-6-8-13)9-16-14(18)10-17(2)11-15(19)20-3/h4-8,12H,9-11H2,1-3H3,(H,16,18). The molecular weight excluding hydrogens is 256 g/mol. The van der Waals surface area contributed by atoms with E-state index in [0.717, 1.165) is 0 Å². The van der Waals surface area contributed by atoms with Crippen molar-refractivity contribution >= 4 is 11.9 Å². The Labute approximate surface area is 119 Å². The lowest BCUT2D eigenvalue weighted by molar-refractivity contribution is -0.141. The van der Waals surface area contributed by atoms with Gasteiger partial charge in [0, 0.05) is 6.54 Å². The molecular formula is C15H22N2O3. The predicted molar refractivity (Wildman–Crippen MR) is 77.4 cm³/mol. The van der Waals surface area contributed by atoms with E-state index in [0.29, 0.717) is 6.54 Å². The summed E-state index contributed by atoms with van der Waals surface area (Å²) in [6.07, 6.45) is 0. The maximum absolute atomic E-state index is 11.8. The first kappa shape index (κ1) is 16.2. The first-order chi connectivity index (χ1) is 9.52. The molecule has 1 unspecified atom stereocenters. The van der Waals surface area contributed by atoms with Gasteiger partial charge in [-0.05, 0) is 18.5 Å². The average molecular weight is 278 g/mol. The summed E-state index contributed by atoms with van der Waals surface area (Å²) in [6.45, 7) is 2.93. The maximum Gasteiger partial charge on any atom is 0.319 e. The lowest BCUT2D eigenvalue weighted by Crippen LogP contribution is -2.39. The molecule has 1 N–H and O–H groups in total. The summed E-state index contributed by atoms with van der Waals surface area (Å²) in [4.78, 5) is 24.4. The molecule has 110 valence electrons. The predicted octanol–water partition coefficient (Wildman–Crippen LogP) is 1.01. The number of rotatable bonds is 7. The van der Waals surface area contributed by atoms with Crippen LogP contribution >= 0.6 is 0 Å². The van der Waals surface area contributed by atoms with Crippen molar-refractivity contribution in [1.82, 2.24) is 10.2 Å². The van der Waals surface area contributed by atoms with Crippen molar-refractivity contribution in [3.05, 3.63) is 35.9 Å². The maximum atomic E-state index is 11.8. The number of likely N-dealkylation sites (N-methyl/N-ethyl adjacent to an activating group) is 1. The molecule has 1 aromatic carbocycles. The van der Waals surface area contributed by atoms with E-state index < -0.39 is 0 Å². The molecule has 0 aromatic heterocycles. The topological polar surface area (TPSA) is 58.6 Å². The number of esters is 1. The Bertz CT molecular complexity index is 434. The van der Waals surface area contributed by atoms with Crippen LogP contribution in [0.2, 0.25) is 0 Å². The van der Waals surface area contributed by atoms with Crippen LogP contribution in [-0.2, 0) is 14.3 Å². The summed E-state index contributed by atoms with van der Waals surface area (Å²) in [5, 5.41) is 2.87. The van der Waals surface area contributed by atoms with Crippen molar-refractivity contribution in [2.75, 3.05) is 33.8 Å². The number of benzene rings is 1. The van der Waals surface area contributed by atoms with Gasteiger partial charge in [-0.1, -0.05) is 37.3 Å². The van der Waals surface area contributed by atoms with Gasteiger partial charge in [0.25, 0.3) is 0 Å². The van der Waals surface area contributed by atoms with Crippen LogP contribution in [-0.4, -0.2) is 50.6 Å². The Morgan fingerprint density at radius 2 is 1.90 bits per heavy atom. The molecule has 1 atom stereocenters. The molecule has 0 spiro atoms. The Morgan fingerprint density at radius 3 is 2.50 bits per heavy atom. The van der Waals surface area contributed by atoms with Gasteiger partial charge in [-0.3, -0.25) is 14.5 Å². The van der Waals surface area contributed by atoms with E-state index in [9.17, 15) is 9.59 Å². The van der Waals surface area contributed by atoms with Crippen molar-refractivity contribution in [1.29, 1.82) is 0 Å². The first-order valence-electron chi connectivity index (χ1n) is 6.60. The summed E-state index contributed by atoms with van der Waals surface area (Å²) >= 11 is 0. The van der Waals surface area contributed by atoms with E-state index in [1.54, 1.807) is 11.9 Å². The molecule has 20 heavy (non-hydrogen) atoms. The Morgan fingerprint density at radius 1 is 1.25 bits per heavy atom. The van der Waals surface area contributed by atoms with Crippen LogP contribution in [0, 0.1) is 0 Å². The van der Waals surface area contributed by atoms with Crippen molar-refractivity contribution in [2.45, 2.75) is 12.8 Å². The van der Waals surface area contributed by atoms with E-state index in [-0.39, 0.29) is 30.9 Å². The molecule has 0 saturated heterocycles. The third kappa shape index (κ3) is 5.84. The molecule has 0 aliphatic carbocycles. The highest BCUT2D eigenvalue weighted by molar-refractivity contribution is 5.79. The number of nitrogens with zero attached hydrogens (tertiary/aromatic N) is 1. The van der Waals surface area contributed by atoms with E-state index in [4.69, 9.17) is 0 Å². The van der Waals surface area contributed by atoms with Crippen LogP contribution < -0.4 is 5.32 Å². The Hall–Kier alpha value is -1.88. The van der Waals surface area contributed by atoms with Crippen molar-refractivity contribution in [2.24, 2.45) is 0 Å². The van der Waals surface area contributed by atoms with Crippen LogP contribution in [0.4, 0.5) is 0 Å². The van der Waals surface area contributed by atoms with Crippen molar-refractivity contribution in [3.63, 3.8) is 0 Å². The number of hydrogen-bond donors (Lipinski definition) is 1. The van der Waals surface area contributed by atoms with Gasteiger partial charge in [0.15, 0.2) is 0 Å². The molecule has 0 heterocycles. The molecule has 0 fully saturated rings. The van der Waals surface area contributed by atoms with E-state index in [2.05, 4.69) is 17.0 Å². The smallest absolute Gasteiger partial charge is 0.319 e. The number of hydrogen-bond acceptors (Lipinski definition) is 4. The summed E-state index contributed by atoms with van der Waals surface area (Å²) in [6, 6.07) is 10.0. The largest absolute Gasteiger partial charge is 0.468 e. The number of carbonyl (C=O) groups excluding carboxylic acids is 2. The van der Waals surface area contributed by atoms with Gasteiger partial charge in [0.1, 0.15) is 0 Å². The second kappa shape index (κ2) is 8.32. The lowest BCUT2D eigenvalue weighted by atomic mass is 10.0. The molecule has 0 bridgehead atoms. The van der Waals surface area contributed by atoms with Gasteiger partial charge in [-0.25, -0.2) is 0 Å². The van der Waals surface area contributed by atoms with Crippen LogP contribution in [0.25, 0.3) is 0 Å². The number of amides is 1. The highest BCUT2D eigenvalue weighted by Gasteiger charge is 2.12. The minimum absolute atomic E-state index is 0.0980. The molecule has 0 aliphatic heterocycles. The third-order valence-electron chi connectivity index (χ3n) is 3.01. The fraction of sp³-hybridized carbons (Fsp3) is 0.467. The molecule has 0 aliphatic rings. The quantitative estimate of drug-likeness (QED) is 0.756. The second-order valence-corrected chi connectivity index (χ2v) is 4.86.